The Morgan fingerprint density at radius 1 is 1.29 bits per heavy atom. The van der Waals surface area contributed by atoms with E-state index in [4.69, 9.17) is 5.73 Å². The average Bonchev–Trinajstić information content (AvgIpc) is 3.46. The number of hydrogen-bond acceptors (Lipinski definition) is 6. The summed E-state index contributed by atoms with van der Waals surface area (Å²) in [6.45, 7) is 3.57. The van der Waals surface area contributed by atoms with E-state index >= 15 is 0 Å². The maximum Gasteiger partial charge on any atom is 0.243 e. The third-order valence-electron chi connectivity index (χ3n) is 6.02. The van der Waals surface area contributed by atoms with Gasteiger partial charge < -0.3 is 16.0 Å². The van der Waals surface area contributed by atoms with E-state index in [1.54, 1.807) is 30.3 Å². The number of carbonyl (C=O) groups excluding carboxylic acids is 2. The van der Waals surface area contributed by atoms with Gasteiger partial charge >= 0.3 is 0 Å². The van der Waals surface area contributed by atoms with Crippen molar-refractivity contribution in [3.63, 3.8) is 0 Å². The summed E-state index contributed by atoms with van der Waals surface area (Å²) in [6.07, 6.45) is -0.213. The number of nitrogens with zero attached hydrogens (tertiary/aromatic N) is 4. The van der Waals surface area contributed by atoms with E-state index in [2.05, 4.69) is 25.7 Å². The molecule has 3 aromatic rings. The van der Waals surface area contributed by atoms with E-state index in [1.165, 1.54) is 17.2 Å². The smallest absolute Gasteiger partial charge is 0.243 e. The predicted octanol–water partition coefficient (Wildman–Crippen LogP) is 2.43. The zero-order valence-corrected chi connectivity index (χ0v) is 19.4. The number of aromatic nitrogens is 4. The van der Waals surface area contributed by atoms with Gasteiger partial charge in [0.25, 0.3) is 0 Å². The zero-order valence-electron chi connectivity index (χ0n) is 19.4. The monoisotopic (exact) mass is 483 g/mol. The molecule has 3 heterocycles. The average molecular weight is 484 g/mol. The van der Waals surface area contributed by atoms with Crippen LogP contribution in [0.3, 0.4) is 0 Å². The summed E-state index contributed by atoms with van der Waals surface area (Å²) < 4.78 is 29.2. The highest BCUT2D eigenvalue weighted by Crippen LogP contribution is 2.28. The van der Waals surface area contributed by atoms with Crippen molar-refractivity contribution in [3.05, 3.63) is 70.9 Å². The number of halogens is 2. The number of nitrogens with two attached hydrogens (primary N) is 1. The van der Waals surface area contributed by atoms with Crippen LogP contribution in [0.5, 0.6) is 0 Å². The number of nitrogen functional groups attached to an aromatic ring is 1. The predicted molar refractivity (Wildman–Crippen MR) is 124 cm³/mol. The van der Waals surface area contributed by atoms with Crippen molar-refractivity contribution in [2.75, 3.05) is 12.3 Å². The maximum atomic E-state index is 14.8. The second-order valence-corrected chi connectivity index (χ2v) is 8.90. The first-order valence-corrected chi connectivity index (χ1v) is 11.3. The van der Waals surface area contributed by atoms with Crippen LogP contribution in [0.2, 0.25) is 0 Å². The van der Waals surface area contributed by atoms with Gasteiger partial charge in [0.2, 0.25) is 11.8 Å². The van der Waals surface area contributed by atoms with Crippen molar-refractivity contribution in [1.29, 1.82) is 0 Å². The summed E-state index contributed by atoms with van der Waals surface area (Å²) in [5, 5.41) is 12.8. The fourth-order valence-corrected chi connectivity index (χ4v) is 4.26. The lowest BCUT2D eigenvalue weighted by Gasteiger charge is -2.26. The highest BCUT2D eigenvalue weighted by atomic mass is 19.1. The highest BCUT2D eigenvalue weighted by molar-refractivity contribution is 5.89. The molecule has 184 valence electrons. The number of aromatic amines is 1. The molecule has 2 aromatic heterocycles. The number of alkyl halides is 1. The summed E-state index contributed by atoms with van der Waals surface area (Å²) in [7, 11) is 0. The highest BCUT2D eigenvalue weighted by Gasteiger charge is 2.40. The molecular formula is C24H27F2N7O2. The van der Waals surface area contributed by atoms with Crippen LogP contribution >= 0.6 is 0 Å². The lowest BCUT2D eigenvalue weighted by molar-refractivity contribution is -0.138. The van der Waals surface area contributed by atoms with Gasteiger partial charge in [0.1, 0.15) is 23.8 Å². The molecule has 0 aliphatic carbocycles. The van der Waals surface area contributed by atoms with Crippen molar-refractivity contribution in [3.8, 4) is 0 Å². The molecule has 3 unspecified atom stereocenters. The standard InChI is InChI=1S/C24H27F2N7O2/c1-13(2)17-7-6-14(8-18(17)26)23(19-4-3-5-21(27)29-19)30-24(35)20-9-15(25)12-33(20)22(34)10-16-11-28-32-31-16/h3-8,11,13,15,20,23H,9-10,12H2,1-2H3,(H2,27,29)(H,30,35)(H,28,31,32). The molecule has 0 saturated carbocycles. The Kier molecular flexibility index (Phi) is 7.04. The Bertz CT molecular complexity index is 1200. The molecule has 11 heteroatoms. The zero-order chi connectivity index (χ0) is 25.1. The number of nitrogens with one attached hydrogen (secondary N) is 2. The van der Waals surface area contributed by atoms with E-state index < -0.39 is 35.9 Å². The molecular weight excluding hydrogens is 456 g/mol. The number of H-pyrrole nitrogens is 1. The lowest BCUT2D eigenvalue weighted by atomic mass is 9.96. The minimum atomic E-state index is -1.35. The van der Waals surface area contributed by atoms with Gasteiger partial charge in [-0.1, -0.05) is 32.0 Å². The van der Waals surface area contributed by atoms with Gasteiger partial charge in [-0.25, -0.2) is 13.8 Å². The van der Waals surface area contributed by atoms with Gasteiger partial charge in [-0.3, -0.25) is 9.59 Å². The van der Waals surface area contributed by atoms with Crippen LogP contribution in [0.15, 0.2) is 42.6 Å². The minimum absolute atomic E-state index is 0.0214. The summed E-state index contributed by atoms with van der Waals surface area (Å²) in [6, 6.07) is 7.79. The van der Waals surface area contributed by atoms with Crippen molar-refractivity contribution < 1.29 is 18.4 Å². The van der Waals surface area contributed by atoms with Gasteiger partial charge in [-0.2, -0.15) is 15.4 Å². The van der Waals surface area contributed by atoms with Crippen molar-refractivity contribution in [2.24, 2.45) is 0 Å². The molecule has 0 spiro atoms. The number of likely N-dealkylation sites (tertiary alicyclic amines) is 1. The Morgan fingerprint density at radius 3 is 2.74 bits per heavy atom. The van der Waals surface area contributed by atoms with Crippen molar-refractivity contribution in [1.82, 2.24) is 30.6 Å². The second-order valence-electron chi connectivity index (χ2n) is 8.90. The number of carbonyl (C=O) groups is 2. The summed E-state index contributed by atoms with van der Waals surface area (Å²) >= 11 is 0. The first-order valence-electron chi connectivity index (χ1n) is 11.3. The van der Waals surface area contributed by atoms with E-state index in [1.807, 2.05) is 13.8 Å². The Morgan fingerprint density at radius 2 is 2.09 bits per heavy atom. The number of rotatable bonds is 7. The number of pyridine rings is 1. The van der Waals surface area contributed by atoms with Crippen LogP contribution in [-0.2, 0) is 16.0 Å². The Balaban J connectivity index is 1.61. The van der Waals surface area contributed by atoms with Crippen LogP contribution < -0.4 is 11.1 Å². The van der Waals surface area contributed by atoms with Gasteiger partial charge in [0, 0.05) is 6.42 Å². The van der Waals surface area contributed by atoms with Gasteiger partial charge in [0.15, 0.2) is 0 Å². The fraction of sp³-hybridized carbons (Fsp3) is 0.375. The molecule has 3 atom stereocenters. The molecule has 0 radical (unpaired) electrons. The molecule has 4 rings (SSSR count). The molecule has 1 aromatic carbocycles. The number of hydrogen-bond donors (Lipinski definition) is 3. The number of amides is 2. The fourth-order valence-electron chi connectivity index (χ4n) is 4.26. The van der Waals surface area contributed by atoms with Crippen LogP contribution in [0.4, 0.5) is 14.6 Å². The van der Waals surface area contributed by atoms with Gasteiger partial charge in [0.05, 0.1) is 36.6 Å². The first-order chi connectivity index (χ1) is 16.7. The molecule has 1 aliphatic heterocycles. The molecule has 1 aliphatic rings. The van der Waals surface area contributed by atoms with E-state index in [9.17, 15) is 18.4 Å². The second kappa shape index (κ2) is 10.2. The number of benzene rings is 1. The molecule has 0 bridgehead atoms. The first kappa shape index (κ1) is 24.2. The van der Waals surface area contributed by atoms with E-state index in [0.717, 1.165) is 0 Å². The normalized spacial score (nSPS) is 18.6. The maximum absolute atomic E-state index is 14.8. The van der Waals surface area contributed by atoms with E-state index in [-0.39, 0.29) is 31.1 Å². The van der Waals surface area contributed by atoms with Crippen LogP contribution in [-0.4, -0.2) is 55.9 Å². The quantitative estimate of drug-likeness (QED) is 0.473. The third kappa shape index (κ3) is 5.44. The van der Waals surface area contributed by atoms with Crippen LogP contribution in [0, 0.1) is 5.82 Å². The largest absolute Gasteiger partial charge is 0.384 e. The van der Waals surface area contributed by atoms with Crippen molar-refractivity contribution in [2.45, 2.75) is 50.9 Å². The van der Waals surface area contributed by atoms with Crippen molar-refractivity contribution >= 4 is 17.6 Å². The summed E-state index contributed by atoms with van der Waals surface area (Å²) in [4.78, 5) is 31.7. The van der Waals surface area contributed by atoms with E-state index in [0.29, 0.717) is 22.5 Å². The topological polar surface area (TPSA) is 130 Å². The molecule has 35 heavy (non-hydrogen) atoms. The summed E-state index contributed by atoms with van der Waals surface area (Å²) in [5.74, 6) is -1.21. The molecule has 1 saturated heterocycles. The lowest BCUT2D eigenvalue weighted by Crippen LogP contribution is -2.47. The van der Waals surface area contributed by atoms with Gasteiger partial charge in [-0.15, -0.1) is 0 Å². The molecule has 4 N–H and O–H groups in total. The van der Waals surface area contributed by atoms with Crippen LogP contribution in [0.1, 0.15) is 54.7 Å². The minimum Gasteiger partial charge on any atom is -0.384 e. The van der Waals surface area contributed by atoms with Crippen LogP contribution in [0.25, 0.3) is 0 Å². The Hall–Kier alpha value is -3.89. The third-order valence-corrected chi connectivity index (χ3v) is 6.02. The SMILES string of the molecule is CC(C)c1ccc(C(NC(=O)C2CC(F)CN2C(=O)Cc2cn[nH]n2)c2cccc(N)n2)cc1F. The molecule has 1 fully saturated rings. The summed E-state index contributed by atoms with van der Waals surface area (Å²) in [5.41, 5.74) is 7.63. The molecule has 9 nitrogen and oxygen atoms in total. The number of anilines is 1. The Labute approximate surface area is 201 Å². The van der Waals surface area contributed by atoms with Gasteiger partial charge in [-0.05, 0) is 35.2 Å². The molecule has 2 amide bonds.